The number of halogens is 2. The molecular formula is C11H14BrFN2O. The van der Waals surface area contributed by atoms with Crippen LogP contribution in [0.25, 0.3) is 0 Å². The first-order valence-electron chi connectivity index (χ1n) is 4.84. The second kappa shape index (κ2) is 5.30. The van der Waals surface area contributed by atoms with Crippen molar-refractivity contribution in [2.45, 2.75) is 13.0 Å². The molecule has 0 aliphatic carbocycles. The normalized spacial score (nSPS) is 12.1. The maximum absolute atomic E-state index is 13.0. The van der Waals surface area contributed by atoms with Crippen molar-refractivity contribution in [3.8, 4) is 0 Å². The topological polar surface area (TPSA) is 32.3 Å². The summed E-state index contributed by atoms with van der Waals surface area (Å²) >= 11 is 3.09. The quantitative estimate of drug-likeness (QED) is 0.927. The first kappa shape index (κ1) is 13.0. The van der Waals surface area contributed by atoms with E-state index < -0.39 is 0 Å². The van der Waals surface area contributed by atoms with Gasteiger partial charge in [0.2, 0.25) is 5.91 Å². The molecule has 1 rings (SSSR count). The second-order valence-corrected chi connectivity index (χ2v) is 4.58. The fraction of sp³-hybridized carbons (Fsp3) is 0.364. The summed E-state index contributed by atoms with van der Waals surface area (Å²) in [6.45, 7) is 1.76. The van der Waals surface area contributed by atoms with E-state index in [0.29, 0.717) is 10.2 Å². The molecule has 88 valence electrons. The molecule has 0 saturated carbocycles. The van der Waals surface area contributed by atoms with Gasteiger partial charge in [0, 0.05) is 19.8 Å². The number of hydrogen-bond donors (Lipinski definition) is 1. The van der Waals surface area contributed by atoms with Gasteiger partial charge in [-0.1, -0.05) is 0 Å². The Morgan fingerprint density at radius 3 is 2.62 bits per heavy atom. The minimum Gasteiger partial charge on any atom is -0.374 e. The van der Waals surface area contributed by atoms with Crippen LogP contribution < -0.4 is 5.32 Å². The highest BCUT2D eigenvalue weighted by molar-refractivity contribution is 9.10. The summed E-state index contributed by atoms with van der Waals surface area (Å²) in [5.41, 5.74) is 0.705. The number of amides is 1. The van der Waals surface area contributed by atoms with Gasteiger partial charge in [0.25, 0.3) is 0 Å². The Bertz CT molecular complexity index is 396. The molecule has 0 saturated heterocycles. The Balaban J connectivity index is 2.73. The fourth-order valence-corrected chi connectivity index (χ4v) is 1.66. The molecule has 1 amide bonds. The maximum atomic E-state index is 13.0. The molecule has 1 unspecified atom stereocenters. The van der Waals surface area contributed by atoms with Gasteiger partial charge in [0.15, 0.2) is 0 Å². The maximum Gasteiger partial charge on any atom is 0.244 e. The van der Waals surface area contributed by atoms with Crippen molar-refractivity contribution < 1.29 is 9.18 Å². The number of carbonyl (C=O) groups is 1. The molecule has 0 aliphatic rings. The number of nitrogens with one attached hydrogen (secondary N) is 1. The third-order valence-corrected chi connectivity index (χ3v) is 2.72. The molecule has 16 heavy (non-hydrogen) atoms. The molecule has 3 nitrogen and oxygen atoms in total. The van der Waals surface area contributed by atoms with Gasteiger partial charge >= 0.3 is 0 Å². The van der Waals surface area contributed by atoms with E-state index in [1.54, 1.807) is 33.2 Å². The highest BCUT2D eigenvalue weighted by atomic mass is 79.9. The standard InChI is InChI=1S/C11H14BrFN2O/c1-7(11(16)15(2)3)14-8-4-5-10(13)9(12)6-8/h4-7,14H,1-3H3. The third-order valence-electron chi connectivity index (χ3n) is 2.11. The van der Waals surface area contributed by atoms with E-state index >= 15 is 0 Å². The van der Waals surface area contributed by atoms with Crippen LogP contribution in [0.5, 0.6) is 0 Å². The zero-order valence-corrected chi connectivity index (χ0v) is 11.0. The lowest BCUT2D eigenvalue weighted by atomic mass is 10.2. The predicted molar refractivity (Wildman–Crippen MR) is 65.9 cm³/mol. The number of anilines is 1. The average molecular weight is 289 g/mol. The lowest BCUT2D eigenvalue weighted by molar-refractivity contribution is -0.129. The van der Waals surface area contributed by atoms with Gasteiger partial charge < -0.3 is 10.2 Å². The monoisotopic (exact) mass is 288 g/mol. The van der Waals surface area contributed by atoms with E-state index in [2.05, 4.69) is 21.2 Å². The summed E-state index contributed by atoms with van der Waals surface area (Å²) in [4.78, 5) is 13.1. The summed E-state index contributed by atoms with van der Waals surface area (Å²) in [6, 6.07) is 4.21. The van der Waals surface area contributed by atoms with E-state index in [1.807, 2.05) is 0 Å². The molecule has 0 aliphatic heterocycles. The molecule has 0 heterocycles. The molecule has 5 heteroatoms. The highest BCUT2D eigenvalue weighted by Gasteiger charge is 2.14. The van der Waals surface area contributed by atoms with E-state index in [9.17, 15) is 9.18 Å². The Hall–Kier alpha value is -1.10. The molecule has 0 fully saturated rings. The van der Waals surface area contributed by atoms with Crippen LogP contribution in [0.2, 0.25) is 0 Å². The van der Waals surface area contributed by atoms with Crippen molar-refractivity contribution in [1.29, 1.82) is 0 Å². The van der Waals surface area contributed by atoms with Crippen LogP contribution in [0.4, 0.5) is 10.1 Å². The molecule has 0 aromatic heterocycles. The van der Waals surface area contributed by atoms with Crippen molar-refractivity contribution in [2.24, 2.45) is 0 Å². The van der Waals surface area contributed by atoms with Gasteiger partial charge in [0.1, 0.15) is 11.9 Å². The van der Waals surface area contributed by atoms with Crippen LogP contribution in [-0.4, -0.2) is 30.9 Å². The van der Waals surface area contributed by atoms with Gasteiger partial charge in [-0.3, -0.25) is 4.79 Å². The van der Waals surface area contributed by atoms with Crippen molar-refractivity contribution in [1.82, 2.24) is 4.90 Å². The molecule has 1 aromatic rings. The third kappa shape index (κ3) is 3.20. The van der Waals surface area contributed by atoms with Crippen molar-refractivity contribution in [3.63, 3.8) is 0 Å². The number of nitrogens with zero attached hydrogens (tertiary/aromatic N) is 1. The summed E-state index contributed by atoms with van der Waals surface area (Å²) < 4.78 is 13.3. The Morgan fingerprint density at radius 1 is 1.50 bits per heavy atom. The number of hydrogen-bond acceptors (Lipinski definition) is 2. The molecular weight excluding hydrogens is 275 g/mol. The lowest BCUT2D eigenvalue weighted by Gasteiger charge is -2.19. The summed E-state index contributed by atoms with van der Waals surface area (Å²) in [5, 5.41) is 3.00. The lowest BCUT2D eigenvalue weighted by Crippen LogP contribution is -2.36. The summed E-state index contributed by atoms with van der Waals surface area (Å²) in [7, 11) is 3.39. The van der Waals surface area contributed by atoms with E-state index in [1.165, 1.54) is 11.0 Å². The van der Waals surface area contributed by atoms with Gasteiger partial charge in [-0.25, -0.2) is 4.39 Å². The first-order valence-corrected chi connectivity index (χ1v) is 5.64. The van der Waals surface area contributed by atoms with Crippen LogP contribution in [0, 0.1) is 5.82 Å². The van der Waals surface area contributed by atoms with Gasteiger partial charge in [-0.2, -0.15) is 0 Å². The summed E-state index contributed by atoms with van der Waals surface area (Å²) in [6.07, 6.45) is 0. The zero-order valence-electron chi connectivity index (χ0n) is 9.42. The van der Waals surface area contributed by atoms with Crippen LogP contribution in [0.15, 0.2) is 22.7 Å². The van der Waals surface area contributed by atoms with Crippen LogP contribution in [0.3, 0.4) is 0 Å². The zero-order chi connectivity index (χ0) is 12.3. The predicted octanol–water partition coefficient (Wildman–Crippen LogP) is 2.48. The van der Waals surface area contributed by atoms with Gasteiger partial charge in [-0.15, -0.1) is 0 Å². The average Bonchev–Trinajstić information content (AvgIpc) is 2.22. The smallest absolute Gasteiger partial charge is 0.244 e. The van der Waals surface area contributed by atoms with Crippen LogP contribution in [-0.2, 0) is 4.79 Å². The molecule has 0 spiro atoms. The van der Waals surface area contributed by atoms with E-state index in [4.69, 9.17) is 0 Å². The van der Waals surface area contributed by atoms with Crippen LogP contribution >= 0.6 is 15.9 Å². The number of rotatable bonds is 3. The van der Waals surface area contributed by atoms with Gasteiger partial charge in [0.05, 0.1) is 4.47 Å². The first-order chi connectivity index (χ1) is 7.41. The van der Waals surface area contributed by atoms with E-state index in [-0.39, 0.29) is 17.8 Å². The number of benzene rings is 1. The van der Waals surface area contributed by atoms with Crippen molar-refractivity contribution in [2.75, 3.05) is 19.4 Å². The molecule has 0 radical (unpaired) electrons. The van der Waals surface area contributed by atoms with Crippen LogP contribution in [0.1, 0.15) is 6.92 Å². The van der Waals surface area contributed by atoms with Gasteiger partial charge in [-0.05, 0) is 41.1 Å². The van der Waals surface area contributed by atoms with Crippen molar-refractivity contribution >= 4 is 27.5 Å². The second-order valence-electron chi connectivity index (χ2n) is 3.73. The largest absolute Gasteiger partial charge is 0.374 e. The molecule has 0 bridgehead atoms. The Morgan fingerprint density at radius 2 is 2.12 bits per heavy atom. The molecule has 1 atom stereocenters. The minimum atomic E-state index is -0.340. The Labute approximate surface area is 103 Å². The fourth-order valence-electron chi connectivity index (χ4n) is 1.28. The molecule has 1 aromatic carbocycles. The SMILES string of the molecule is CC(Nc1ccc(F)c(Br)c1)C(=O)N(C)C. The summed E-state index contributed by atoms with van der Waals surface area (Å²) in [5.74, 6) is -0.349. The number of likely N-dealkylation sites (N-methyl/N-ethyl adjacent to an activating group) is 1. The Kier molecular flexibility index (Phi) is 4.29. The van der Waals surface area contributed by atoms with E-state index in [0.717, 1.165) is 0 Å². The number of carbonyl (C=O) groups excluding carboxylic acids is 1. The molecule has 1 N–H and O–H groups in total. The highest BCUT2D eigenvalue weighted by Crippen LogP contribution is 2.20. The van der Waals surface area contributed by atoms with Crippen molar-refractivity contribution in [3.05, 3.63) is 28.5 Å². The minimum absolute atomic E-state index is 0.0274.